The minimum absolute atomic E-state index is 0.111. The summed E-state index contributed by atoms with van der Waals surface area (Å²) in [7, 11) is 0. The second kappa shape index (κ2) is 5.03. The Bertz CT molecular complexity index is 201. The Morgan fingerprint density at radius 3 is 2.93 bits per heavy atom. The van der Waals surface area contributed by atoms with Gasteiger partial charge < -0.3 is 11.1 Å². The predicted molar refractivity (Wildman–Crippen MR) is 61.4 cm³/mol. The number of nitrogens with two attached hydrogens (primary N) is 1. The van der Waals surface area contributed by atoms with Gasteiger partial charge in [-0.2, -0.15) is 0 Å². The number of nitrogens with one attached hydrogen (secondary N) is 1. The molecule has 3 nitrogen and oxygen atoms in total. The van der Waals surface area contributed by atoms with E-state index in [4.69, 9.17) is 5.73 Å². The molecule has 1 unspecified atom stereocenters. The van der Waals surface area contributed by atoms with E-state index in [1.165, 1.54) is 0 Å². The van der Waals surface area contributed by atoms with Gasteiger partial charge in [0, 0.05) is 17.8 Å². The Balaban J connectivity index is 2.37. The minimum atomic E-state index is -0.183. The molecule has 1 aliphatic heterocycles. The van der Waals surface area contributed by atoms with Gasteiger partial charge in [-0.15, -0.1) is 11.8 Å². The van der Waals surface area contributed by atoms with Crippen LogP contribution in [-0.2, 0) is 4.79 Å². The van der Waals surface area contributed by atoms with Crippen LogP contribution in [0.3, 0.4) is 0 Å². The molecule has 0 aromatic carbocycles. The van der Waals surface area contributed by atoms with E-state index in [-0.39, 0.29) is 16.7 Å². The van der Waals surface area contributed by atoms with Crippen LogP contribution in [0.5, 0.6) is 0 Å². The first-order valence-electron chi connectivity index (χ1n) is 5.17. The van der Waals surface area contributed by atoms with Gasteiger partial charge in [0.2, 0.25) is 5.91 Å². The van der Waals surface area contributed by atoms with E-state index in [1.807, 2.05) is 13.8 Å². The van der Waals surface area contributed by atoms with Crippen molar-refractivity contribution >= 4 is 17.7 Å². The zero-order valence-corrected chi connectivity index (χ0v) is 9.82. The molecule has 4 heteroatoms. The lowest BCUT2D eigenvalue weighted by atomic mass is 10.1. The van der Waals surface area contributed by atoms with Gasteiger partial charge in [0.05, 0.1) is 5.25 Å². The lowest BCUT2D eigenvalue weighted by Crippen LogP contribution is -2.37. The molecule has 0 aliphatic carbocycles. The van der Waals surface area contributed by atoms with Crippen LogP contribution in [-0.4, -0.2) is 29.0 Å². The Hall–Kier alpha value is -0.220. The van der Waals surface area contributed by atoms with Crippen molar-refractivity contribution in [2.45, 2.75) is 43.9 Å². The third kappa shape index (κ3) is 4.33. The molecule has 1 saturated heterocycles. The molecule has 1 rings (SSSR count). The number of amides is 1. The Kier molecular flexibility index (Phi) is 4.26. The molecular formula is C10H20N2OS. The standard InChI is InChI=1S/C10H20N2OS/c1-10(2,11)7-14-8-5-3-4-6-12-9(8)13/h8H,3-7,11H2,1-2H3,(H,12,13). The van der Waals surface area contributed by atoms with Crippen molar-refractivity contribution in [2.75, 3.05) is 12.3 Å². The molecule has 0 radical (unpaired) electrons. The fourth-order valence-electron chi connectivity index (χ4n) is 1.39. The smallest absolute Gasteiger partial charge is 0.233 e. The summed E-state index contributed by atoms with van der Waals surface area (Å²) >= 11 is 1.69. The highest BCUT2D eigenvalue weighted by Gasteiger charge is 2.23. The van der Waals surface area contributed by atoms with E-state index in [0.717, 1.165) is 31.6 Å². The van der Waals surface area contributed by atoms with Crippen LogP contribution < -0.4 is 11.1 Å². The summed E-state index contributed by atoms with van der Waals surface area (Å²) in [5, 5.41) is 3.04. The molecular weight excluding hydrogens is 196 g/mol. The highest BCUT2D eigenvalue weighted by molar-refractivity contribution is 8.00. The van der Waals surface area contributed by atoms with Crippen LogP contribution in [0, 0.1) is 0 Å². The molecule has 0 spiro atoms. The summed E-state index contributed by atoms with van der Waals surface area (Å²) < 4.78 is 0. The van der Waals surface area contributed by atoms with Crippen LogP contribution in [0.25, 0.3) is 0 Å². The first kappa shape index (κ1) is 11.9. The maximum absolute atomic E-state index is 11.6. The molecule has 3 N–H and O–H groups in total. The second-order valence-corrected chi connectivity index (χ2v) is 5.77. The van der Waals surface area contributed by atoms with Crippen LogP contribution >= 0.6 is 11.8 Å². The van der Waals surface area contributed by atoms with Gasteiger partial charge in [0.1, 0.15) is 0 Å². The monoisotopic (exact) mass is 216 g/mol. The Labute approximate surface area is 90.2 Å². The highest BCUT2D eigenvalue weighted by atomic mass is 32.2. The molecule has 14 heavy (non-hydrogen) atoms. The van der Waals surface area contributed by atoms with Crippen molar-refractivity contribution in [3.63, 3.8) is 0 Å². The average Bonchev–Trinajstić information content (AvgIpc) is 2.25. The van der Waals surface area contributed by atoms with Crippen LogP contribution in [0.4, 0.5) is 0 Å². The lowest BCUT2D eigenvalue weighted by Gasteiger charge is -2.21. The molecule has 0 aromatic heterocycles. The van der Waals surface area contributed by atoms with Gasteiger partial charge in [0.15, 0.2) is 0 Å². The molecule has 1 amide bonds. The molecule has 0 bridgehead atoms. The van der Waals surface area contributed by atoms with Crippen LogP contribution in [0.15, 0.2) is 0 Å². The zero-order valence-electron chi connectivity index (χ0n) is 9.01. The first-order valence-corrected chi connectivity index (χ1v) is 6.22. The van der Waals surface area contributed by atoms with Crippen molar-refractivity contribution in [2.24, 2.45) is 5.73 Å². The number of carbonyl (C=O) groups is 1. The van der Waals surface area contributed by atoms with E-state index < -0.39 is 0 Å². The maximum Gasteiger partial charge on any atom is 0.233 e. The fourth-order valence-corrected chi connectivity index (χ4v) is 2.58. The summed E-state index contributed by atoms with van der Waals surface area (Å²) in [6.45, 7) is 4.82. The van der Waals surface area contributed by atoms with Gasteiger partial charge in [-0.05, 0) is 26.7 Å². The average molecular weight is 216 g/mol. The van der Waals surface area contributed by atoms with E-state index in [0.29, 0.717) is 0 Å². The molecule has 1 heterocycles. The quantitative estimate of drug-likeness (QED) is 0.743. The summed E-state index contributed by atoms with van der Waals surface area (Å²) in [6.07, 6.45) is 3.24. The third-order valence-corrected chi connectivity index (χ3v) is 3.90. The van der Waals surface area contributed by atoms with Gasteiger partial charge in [-0.1, -0.05) is 6.42 Å². The molecule has 1 aliphatic rings. The molecule has 0 aromatic rings. The summed E-state index contributed by atoms with van der Waals surface area (Å²) in [6, 6.07) is 0. The second-order valence-electron chi connectivity index (χ2n) is 4.58. The topological polar surface area (TPSA) is 55.1 Å². The summed E-state index contributed by atoms with van der Waals surface area (Å²) in [5.41, 5.74) is 5.70. The van der Waals surface area contributed by atoms with Crippen LogP contribution in [0.2, 0.25) is 0 Å². The van der Waals surface area contributed by atoms with E-state index >= 15 is 0 Å². The zero-order chi connectivity index (χ0) is 10.6. The van der Waals surface area contributed by atoms with Crippen molar-refractivity contribution in [1.82, 2.24) is 5.32 Å². The normalized spacial score (nSPS) is 24.2. The number of hydrogen-bond acceptors (Lipinski definition) is 3. The Morgan fingerprint density at radius 2 is 2.29 bits per heavy atom. The number of carbonyl (C=O) groups excluding carboxylic acids is 1. The molecule has 82 valence electrons. The van der Waals surface area contributed by atoms with Gasteiger partial charge in [-0.3, -0.25) is 4.79 Å². The number of hydrogen-bond donors (Lipinski definition) is 2. The van der Waals surface area contributed by atoms with Gasteiger partial charge in [0.25, 0.3) is 0 Å². The van der Waals surface area contributed by atoms with Gasteiger partial charge in [-0.25, -0.2) is 0 Å². The van der Waals surface area contributed by atoms with Gasteiger partial charge >= 0.3 is 0 Å². The Morgan fingerprint density at radius 1 is 1.57 bits per heavy atom. The molecule has 0 saturated carbocycles. The largest absolute Gasteiger partial charge is 0.355 e. The fraction of sp³-hybridized carbons (Fsp3) is 0.900. The van der Waals surface area contributed by atoms with Crippen molar-refractivity contribution in [1.29, 1.82) is 0 Å². The maximum atomic E-state index is 11.6. The lowest BCUT2D eigenvalue weighted by molar-refractivity contribution is -0.120. The number of rotatable bonds is 3. The highest BCUT2D eigenvalue weighted by Crippen LogP contribution is 2.22. The van der Waals surface area contributed by atoms with Crippen molar-refractivity contribution < 1.29 is 4.79 Å². The summed E-state index contributed by atoms with van der Waals surface area (Å²) in [5.74, 6) is 1.03. The minimum Gasteiger partial charge on any atom is -0.355 e. The van der Waals surface area contributed by atoms with E-state index in [2.05, 4.69) is 5.32 Å². The first-order chi connectivity index (χ1) is 6.49. The van der Waals surface area contributed by atoms with Crippen LogP contribution in [0.1, 0.15) is 33.1 Å². The summed E-state index contributed by atoms with van der Waals surface area (Å²) in [4.78, 5) is 11.6. The molecule has 1 atom stereocenters. The van der Waals surface area contributed by atoms with Crippen molar-refractivity contribution in [3.8, 4) is 0 Å². The van der Waals surface area contributed by atoms with E-state index in [1.54, 1.807) is 11.8 Å². The third-order valence-electron chi connectivity index (χ3n) is 2.14. The van der Waals surface area contributed by atoms with E-state index in [9.17, 15) is 4.79 Å². The number of thioether (sulfide) groups is 1. The molecule has 1 fully saturated rings. The van der Waals surface area contributed by atoms with Crippen molar-refractivity contribution in [3.05, 3.63) is 0 Å². The predicted octanol–water partition coefficient (Wildman–Crippen LogP) is 1.13. The SMILES string of the molecule is CC(C)(N)CSC1CCCCNC1=O.